The van der Waals surface area contributed by atoms with Crippen molar-refractivity contribution >= 4 is 15.9 Å². The van der Waals surface area contributed by atoms with Crippen molar-refractivity contribution in [3.63, 3.8) is 0 Å². The maximum Gasteiger partial charge on any atom is 0.259 e. The van der Waals surface area contributed by atoms with Gasteiger partial charge in [-0.05, 0) is 26.2 Å². The Bertz CT molecular complexity index is 740. The first kappa shape index (κ1) is 17.4. The maximum absolute atomic E-state index is 12.8. The molecule has 1 amide bonds. The van der Waals surface area contributed by atoms with Crippen molar-refractivity contribution in [2.45, 2.75) is 20.3 Å². The lowest BCUT2D eigenvalue weighted by Gasteiger charge is -2.43. The van der Waals surface area contributed by atoms with Gasteiger partial charge in [0.1, 0.15) is 11.3 Å². The molecule has 0 aromatic carbocycles. The highest BCUT2D eigenvalue weighted by Crippen LogP contribution is 2.43. The van der Waals surface area contributed by atoms with E-state index < -0.39 is 15.4 Å². The number of hydrogen-bond donors (Lipinski definition) is 1. The van der Waals surface area contributed by atoms with E-state index in [2.05, 4.69) is 5.16 Å². The third-order valence-electron chi connectivity index (χ3n) is 5.35. The number of nitrogens with zero attached hydrogens (tertiary/aromatic N) is 3. The van der Waals surface area contributed by atoms with E-state index in [1.165, 1.54) is 10.6 Å². The van der Waals surface area contributed by atoms with Crippen molar-refractivity contribution in [2.24, 2.45) is 11.3 Å². The fourth-order valence-electron chi connectivity index (χ4n) is 3.93. The number of likely N-dealkylation sites (tertiary alicyclic amines) is 1. The number of hydrogen-bond acceptors (Lipinski definition) is 6. The van der Waals surface area contributed by atoms with E-state index in [-0.39, 0.29) is 25.0 Å². The van der Waals surface area contributed by atoms with Crippen LogP contribution in [-0.4, -0.2) is 72.8 Å². The van der Waals surface area contributed by atoms with E-state index in [4.69, 9.17) is 4.52 Å². The zero-order valence-corrected chi connectivity index (χ0v) is 15.0. The van der Waals surface area contributed by atoms with Gasteiger partial charge in [-0.2, -0.15) is 0 Å². The van der Waals surface area contributed by atoms with Gasteiger partial charge in [0.15, 0.2) is 0 Å². The fraction of sp³-hybridized carbons (Fsp3) is 0.733. The summed E-state index contributed by atoms with van der Waals surface area (Å²) in [4.78, 5) is 14.5. The van der Waals surface area contributed by atoms with Crippen molar-refractivity contribution in [2.75, 3.05) is 39.0 Å². The summed E-state index contributed by atoms with van der Waals surface area (Å²) >= 11 is 0. The zero-order valence-electron chi connectivity index (χ0n) is 14.2. The molecule has 2 unspecified atom stereocenters. The molecule has 2 fully saturated rings. The van der Waals surface area contributed by atoms with E-state index in [1.807, 2.05) is 0 Å². The third kappa shape index (κ3) is 2.74. The fourth-order valence-corrected chi connectivity index (χ4v) is 4.88. The lowest BCUT2D eigenvalue weighted by atomic mass is 9.74. The molecular weight excluding hydrogens is 334 g/mol. The summed E-state index contributed by atoms with van der Waals surface area (Å²) in [7, 11) is -3.31. The summed E-state index contributed by atoms with van der Waals surface area (Å²) in [6.45, 7) is 4.80. The molecule has 9 heteroatoms. The van der Waals surface area contributed by atoms with Crippen molar-refractivity contribution in [1.82, 2.24) is 14.4 Å². The first-order valence-corrected chi connectivity index (χ1v) is 9.81. The molecule has 24 heavy (non-hydrogen) atoms. The van der Waals surface area contributed by atoms with Crippen molar-refractivity contribution < 1.29 is 22.8 Å². The molecule has 3 heterocycles. The number of aryl methyl sites for hydroxylation is 2. The van der Waals surface area contributed by atoms with Gasteiger partial charge in [-0.25, -0.2) is 12.7 Å². The predicted octanol–water partition coefficient (Wildman–Crippen LogP) is 0.00744. The van der Waals surface area contributed by atoms with E-state index in [1.54, 1.807) is 18.7 Å². The van der Waals surface area contributed by atoms with Crippen molar-refractivity contribution in [3.8, 4) is 0 Å². The summed E-state index contributed by atoms with van der Waals surface area (Å²) < 4.78 is 30.2. The molecule has 0 saturated carbocycles. The third-order valence-corrected chi connectivity index (χ3v) is 6.57. The Morgan fingerprint density at radius 3 is 2.67 bits per heavy atom. The molecule has 134 valence electrons. The predicted molar refractivity (Wildman–Crippen MR) is 85.9 cm³/mol. The lowest BCUT2D eigenvalue weighted by Crippen LogP contribution is -2.52. The number of rotatable bonds is 3. The average molecular weight is 357 g/mol. The topological polar surface area (TPSA) is 104 Å². The Kier molecular flexibility index (Phi) is 4.21. The molecule has 1 aromatic rings. The minimum absolute atomic E-state index is 0.0611. The molecule has 2 aliphatic heterocycles. The van der Waals surface area contributed by atoms with Gasteiger partial charge in [0, 0.05) is 31.6 Å². The van der Waals surface area contributed by atoms with Crippen LogP contribution in [0.1, 0.15) is 28.2 Å². The van der Waals surface area contributed by atoms with Gasteiger partial charge >= 0.3 is 0 Å². The van der Waals surface area contributed by atoms with E-state index >= 15 is 0 Å². The molecule has 0 bridgehead atoms. The number of sulfonamides is 1. The molecule has 1 N–H and O–H groups in total. The van der Waals surface area contributed by atoms with Gasteiger partial charge in [-0.3, -0.25) is 4.79 Å². The molecule has 8 nitrogen and oxygen atoms in total. The van der Waals surface area contributed by atoms with Crippen LogP contribution in [0.4, 0.5) is 0 Å². The molecule has 0 spiro atoms. The molecule has 0 radical (unpaired) electrons. The largest absolute Gasteiger partial charge is 0.396 e. The van der Waals surface area contributed by atoms with Crippen LogP contribution in [0.5, 0.6) is 0 Å². The molecule has 2 saturated heterocycles. The number of carbonyl (C=O) groups excluding carboxylic acids is 1. The maximum atomic E-state index is 12.8. The first-order valence-electron chi connectivity index (χ1n) is 7.96. The zero-order chi connectivity index (χ0) is 17.7. The molecule has 2 atom stereocenters. The molecule has 0 aliphatic carbocycles. The number of aliphatic hydroxyl groups excluding tert-OH is 1. The van der Waals surface area contributed by atoms with Crippen LogP contribution < -0.4 is 0 Å². The highest BCUT2D eigenvalue weighted by atomic mass is 32.2. The Morgan fingerprint density at radius 2 is 2.12 bits per heavy atom. The normalized spacial score (nSPS) is 28.2. The van der Waals surface area contributed by atoms with Crippen LogP contribution in [0, 0.1) is 25.2 Å². The van der Waals surface area contributed by atoms with Gasteiger partial charge < -0.3 is 14.5 Å². The highest BCUT2D eigenvalue weighted by Gasteiger charge is 2.52. The van der Waals surface area contributed by atoms with E-state index in [0.29, 0.717) is 43.1 Å². The molecule has 3 rings (SSSR count). The van der Waals surface area contributed by atoms with Gasteiger partial charge in [-0.1, -0.05) is 5.16 Å². The standard InChI is InChI=1S/C15H23N3O5S/c1-10-13(11(2)23-16-10)14(20)17-5-4-12-6-18(24(3,21)22)8-15(12,7-17)9-19/h12,19H,4-9H2,1-3H3. The number of fused-ring (bicyclic) bond motifs is 1. The second-order valence-corrected chi connectivity index (χ2v) is 8.97. The van der Waals surface area contributed by atoms with Gasteiger partial charge in [0.2, 0.25) is 10.0 Å². The second-order valence-electron chi connectivity index (χ2n) is 6.99. The Hall–Kier alpha value is -1.45. The minimum atomic E-state index is -3.31. The van der Waals surface area contributed by atoms with Crippen LogP contribution in [0.15, 0.2) is 4.52 Å². The van der Waals surface area contributed by atoms with Crippen LogP contribution in [0.25, 0.3) is 0 Å². The second kappa shape index (κ2) is 5.82. The van der Waals surface area contributed by atoms with Crippen molar-refractivity contribution in [1.29, 1.82) is 0 Å². The molecular formula is C15H23N3O5S. The number of aliphatic hydroxyl groups is 1. The number of carbonyl (C=O) groups is 1. The Balaban J connectivity index is 1.85. The summed E-state index contributed by atoms with van der Waals surface area (Å²) in [5, 5.41) is 13.8. The number of amides is 1. The lowest BCUT2D eigenvalue weighted by molar-refractivity contribution is 0.0128. The number of piperidine rings is 1. The average Bonchev–Trinajstić information content (AvgIpc) is 3.06. The smallest absolute Gasteiger partial charge is 0.259 e. The van der Waals surface area contributed by atoms with E-state index in [9.17, 15) is 18.3 Å². The quantitative estimate of drug-likeness (QED) is 0.817. The van der Waals surface area contributed by atoms with Crippen LogP contribution >= 0.6 is 0 Å². The van der Waals surface area contributed by atoms with Crippen LogP contribution in [-0.2, 0) is 10.0 Å². The van der Waals surface area contributed by atoms with E-state index in [0.717, 1.165) is 0 Å². The van der Waals surface area contributed by atoms with Crippen molar-refractivity contribution in [3.05, 3.63) is 17.0 Å². The summed E-state index contributed by atoms with van der Waals surface area (Å²) in [5.41, 5.74) is 0.400. The summed E-state index contributed by atoms with van der Waals surface area (Å²) in [6.07, 6.45) is 1.85. The van der Waals surface area contributed by atoms with Gasteiger partial charge in [0.05, 0.1) is 18.6 Å². The number of aromatic nitrogens is 1. The first-order chi connectivity index (χ1) is 11.2. The SMILES string of the molecule is Cc1noc(C)c1C(=O)N1CCC2CN(S(C)(=O)=O)CC2(CO)C1. The van der Waals surface area contributed by atoms with Crippen LogP contribution in [0.3, 0.4) is 0 Å². The monoisotopic (exact) mass is 357 g/mol. The summed E-state index contributed by atoms with van der Waals surface area (Å²) in [6, 6.07) is 0. The van der Waals surface area contributed by atoms with Gasteiger partial charge in [0.25, 0.3) is 5.91 Å². The summed E-state index contributed by atoms with van der Waals surface area (Å²) in [5.74, 6) is 0.364. The van der Waals surface area contributed by atoms with Crippen LogP contribution in [0.2, 0.25) is 0 Å². The molecule has 1 aromatic heterocycles. The Labute approximate surface area is 141 Å². The minimum Gasteiger partial charge on any atom is -0.396 e. The Morgan fingerprint density at radius 1 is 1.42 bits per heavy atom. The highest BCUT2D eigenvalue weighted by molar-refractivity contribution is 7.88. The molecule has 2 aliphatic rings. The van der Waals surface area contributed by atoms with Gasteiger partial charge in [-0.15, -0.1) is 0 Å².